The van der Waals surface area contributed by atoms with E-state index in [9.17, 15) is 9.90 Å². The largest absolute Gasteiger partial charge is 0.390 e. The second-order valence-electron chi connectivity index (χ2n) is 6.15. The number of amides is 1. The Kier molecular flexibility index (Phi) is 5.51. The smallest absolute Gasteiger partial charge is 0.251 e. The number of nitrogens with one attached hydrogen (secondary N) is 2. The molecule has 1 aliphatic rings. The number of carbonyl (C=O) groups is 1. The summed E-state index contributed by atoms with van der Waals surface area (Å²) in [5.41, 5.74) is 3.28. The molecule has 2 aromatic rings. The van der Waals surface area contributed by atoms with Crippen LogP contribution in [0.25, 0.3) is 0 Å². The van der Waals surface area contributed by atoms with Crippen LogP contribution < -0.4 is 10.6 Å². The normalized spacial score (nSPS) is 15.1. The van der Waals surface area contributed by atoms with Crippen LogP contribution in [0.2, 0.25) is 5.02 Å². The van der Waals surface area contributed by atoms with E-state index in [0.29, 0.717) is 23.2 Å². The Hall–Kier alpha value is -1.88. The number of aliphatic hydroxyl groups excluding tert-OH is 1. The molecule has 0 aliphatic heterocycles. The summed E-state index contributed by atoms with van der Waals surface area (Å²) < 4.78 is 0. The lowest BCUT2D eigenvalue weighted by molar-refractivity contribution is 0.0914. The summed E-state index contributed by atoms with van der Waals surface area (Å²) in [6.45, 7) is 0.674. The summed E-state index contributed by atoms with van der Waals surface area (Å²) in [5.74, 6) is -0.209. The first kappa shape index (κ1) is 17.0. The fourth-order valence-electron chi connectivity index (χ4n) is 2.99. The van der Waals surface area contributed by atoms with Crippen molar-refractivity contribution in [3.63, 3.8) is 0 Å². The van der Waals surface area contributed by atoms with E-state index in [-0.39, 0.29) is 12.5 Å². The molecule has 3 N–H and O–H groups in total. The van der Waals surface area contributed by atoms with Gasteiger partial charge in [0.05, 0.1) is 6.10 Å². The summed E-state index contributed by atoms with van der Waals surface area (Å²) in [4.78, 5) is 12.0. The fourth-order valence-corrected chi connectivity index (χ4v) is 3.12. The lowest BCUT2D eigenvalue weighted by Gasteiger charge is -2.16. The molecule has 2 aromatic carbocycles. The summed E-state index contributed by atoms with van der Waals surface area (Å²) in [6, 6.07) is 15.4. The molecule has 0 fully saturated rings. The van der Waals surface area contributed by atoms with Crippen molar-refractivity contribution in [1.82, 2.24) is 10.6 Å². The van der Waals surface area contributed by atoms with Gasteiger partial charge in [-0.1, -0.05) is 35.9 Å². The third-order valence-corrected chi connectivity index (χ3v) is 4.55. The zero-order valence-electron chi connectivity index (χ0n) is 13.3. The predicted octanol–water partition coefficient (Wildman–Crippen LogP) is 2.19. The number of halogens is 1. The molecule has 4 nitrogen and oxygen atoms in total. The van der Waals surface area contributed by atoms with Crippen LogP contribution >= 0.6 is 11.6 Å². The molecule has 0 bridgehead atoms. The Labute approximate surface area is 146 Å². The average Bonchev–Trinajstić information content (AvgIpc) is 3.01. The third kappa shape index (κ3) is 4.35. The highest BCUT2D eigenvalue weighted by Gasteiger charge is 2.21. The van der Waals surface area contributed by atoms with Crippen LogP contribution in [0.5, 0.6) is 0 Å². The van der Waals surface area contributed by atoms with Gasteiger partial charge in [-0.3, -0.25) is 4.79 Å². The highest BCUT2D eigenvalue weighted by Crippen LogP contribution is 2.21. The van der Waals surface area contributed by atoms with Gasteiger partial charge in [-0.2, -0.15) is 0 Å². The highest BCUT2D eigenvalue weighted by molar-refractivity contribution is 6.30. The summed E-state index contributed by atoms with van der Waals surface area (Å²) >= 11 is 5.80. The topological polar surface area (TPSA) is 61.4 Å². The molecule has 0 saturated carbocycles. The van der Waals surface area contributed by atoms with E-state index in [1.165, 1.54) is 11.1 Å². The molecule has 5 heteroatoms. The highest BCUT2D eigenvalue weighted by atomic mass is 35.5. The van der Waals surface area contributed by atoms with Crippen LogP contribution in [-0.2, 0) is 12.8 Å². The number of hydrogen-bond donors (Lipinski definition) is 3. The minimum atomic E-state index is -0.620. The van der Waals surface area contributed by atoms with Crippen molar-refractivity contribution in [2.75, 3.05) is 13.1 Å². The molecule has 1 aliphatic carbocycles. The van der Waals surface area contributed by atoms with Gasteiger partial charge in [-0.25, -0.2) is 0 Å². The lowest BCUT2D eigenvalue weighted by atomic mass is 10.1. The lowest BCUT2D eigenvalue weighted by Crippen LogP contribution is -2.41. The maximum Gasteiger partial charge on any atom is 0.251 e. The van der Waals surface area contributed by atoms with Crippen molar-refractivity contribution in [3.05, 3.63) is 70.2 Å². The quantitative estimate of drug-likeness (QED) is 0.752. The molecule has 0 spiro atoms. The molecule has 0 unspecified atom stereocenters. The molecular formula is C19H21ClN2O2. The zero-order chi connectivity index (χ0) is 16.9. The third-order valence-electron chi connectivity index (χ3n) is 4.30. The number of aliphatic hydroxyl groups is 1. The van der Waals surface area contributed by atoms with E-state index in [1.807, 2.05) is 0 Å². The standard InChI is InChI=1S/C19H21ClN2O2/c20-16-7-5-13(6-8-16)19(24)22-12-18(23)11-21-17-9-14-3-1-2-4-15(14)10-17/h1-8,17-18,21,23H,9-12H2,(H,22,24)/t18-/m0/s1. The molecule has 0 aromatic heterocycles. The molecule has 1 atom stereocenters. The monoisotopic (exact) mass is 344 g/mol. The van der Waals surface area contributed by atoms with Crippen LogP contribution in [0, 0.1) is 0 Å². The van der Waals surface area contributed by atoms with Crippen molar-refractivity contribution >= 4 is 17.5 Å². The molecule has 0 radical (unpaired) electrons. The fraction of sp³-hybridized carbons (Fsp3) is 0.316. The van der Waals surface area contributed by atoms with Gasteiger partial charge in [0.25, 0.3) is 5.91 Å². The van der Waals surface area contributed by atoms with Crippen LogP contribution in [0.4, 0.5) is 0 Å². The molecule has 3 rings (SSSR count). The van der Waals surface area contributed by atoms with Gasteiger partial charge in [-0.15, -0.1) is 0 Å². The summed E-state index contributed by atoms with van der Waals surface area (Å²) in [6.07, 6.45) is 1.35. The van der Waals surface area contributed by atoms with Crippen LogP contribution in [0.15, 0.2) is 48.5 Å². The first-order valence-corrected chi connectivity index (χ1v) is 8.51. The van der Waals surface area contributed by atoms with Crippen LogP contribution in [-0.4, -0.2) is 36.2 Å². The van der Waals surface area contributed by atoms with Gasteiger partial charge in [-0.05, 0) is 48.2 Å². The molecule has 1 amide bonds. The van der Waals surface area contributed by atoms with Gasteiger partial charge < -0.3 is 15.7 Å². The van der Waals surface area contributed by atoms with Crippen molar-refractivity contribution < 1.29 is 9.90 Å². The van der Waals surface area contributed by atoms with Crippen LogP contribution in [0.1, 0.15) is 21.5 Å². The maximum absolute atomic E-state index is 12.0. The van der Waals surface area contributed by atoms with Gasteiger partial charge in [0.1, 0.15) is 0 Å². The number of carbonyl (C=O) groups excluding carboxylic acids is 1. The van der Waals surface area contributed by atoms with Gasteiger partial charge in [0.15, 0.2) is 0 Å². The minimum absolute atomic E-state index is 0.209. The zero-order valence-corrected chi connectivity index (χ0v) is 14.1. The molecule has 0 saturated heterocycles. The molecule has 0 heterocycles. The number of benzene rings is 2. The minimum Gasteiger partial charge on any atom is -0.390 e. The van der Waals surface area contributed by atoms with E-state index in [2.05, 4.69) is 34.9 Å². The van der Waals surface area contributed by atoms with Crippen LogP contribution in [0.3, 0.4) is 0 Å². The summed E-state index contributed by atoms with van der Waals surface area (Å²) in [7, 11) is 0. The van der Waals surface area contributed by atoms with Crippen molar-refractivity contribution in [2.24, 2.45) is 0 Å². The van der Waals surface area contributed by atoms with E-state index >= 15 is 0 Å². The van der Waals surface area contributed by atoms with Crippen molar-refractivity contribution in [3.8, 4) is 0 Å². The van der Waals surface area contributed by atoms with E-state index in [1.54, 1.807) is 24.3 Å². The Morgan fingerprint density at radius 1 is 1.08 bits per heavy atom. The second-order valence-corrected chi connectivity index (χ2v) is 6.59. The summed E-state index contributed by atoms with van der Waals surface area (Å²) in [5, 5.41) is 16.8. The Bertz CT molecular complexity index is 678. The molecular weight excluding hydrogens is 324 g/mol. The van der Waals surface area contributed by atoms with Crippen molar-refractivity contribution in [2.45, 2.75) is 25.0 Å². The Morgan fingerprint density at radius 2 is 1.71 bits per heavy atom. The number of rotatable bonds is 6. The van der Waals surface area contributed by atoms with E-state index in [4.69, 9.17) is 11.6 Å². The van der Waals surface area contributed by atoms with Crippen molar-refractivity contribution in [1.29, 1.82) is 0 Å². The average molecular weight is 345 g/mol. The molecule has 24 heavy (non-hydrogen) atoms. The predicted molar refractivity (Wildman–Crippen MR) is 95.4 cm³/mol. The number of fused-ring (bicyclic) bond motifs is 1. The van der Waals surface area contributed by atoms with Gasteiger partial charge in [0.2, 0.25) is 0 Å². The Morgan fingerprint density at radius 3 is 2.33 bits per heavy atom. The van der Waals surface area contributed by atoms with E-state index in [0.717, 1.165) is 12.8 Å². The first-order valence-electron chi connectivity index (χ1n) is 8.14. The number of hydrogen-bond acceptors (Lipinski definition) is 3. The second kappa shape index (κ2) is 7.79. The Balaban J connectivity index is 1.40. The maximum atomic E-state index is 12.0. The van der Waals surface area contributed by atoms with Gasteiger partial charge in [0, 0.05) is 29.7 Å². The molecule has 126 valence electrons. The SMILES string of the molecule is O=C(NC[C@@H](O)CNC1Cc2ccccc2C1)c1ccc(Cl)cc1. The first-order chi connectivity index (χ1) is 11.6. The van der Waals surface area contributed by atoms with Gasteiger partial charge >= 0.3 is 0 Å². The van der Waals surface area contributed by atoms with E-state index < -0.39 is 6.10 Å².